The van der Waals surface area contributed by atoms with Crippen molar-refractivity contribution in [3.05, 3.63) is 160 Å². The van der Waals surface area contributed by atoms with E-state index in [-0.39, 0.29) is 28.6 Å². The average molecular weight is 616 g/mol. The molecular weight excluding hydrogens is 590 g/mol. The summed E-state index contributed by atoms with van der Waals surface area (Å²) >= 11 is 1.34. The van der Waals surface area contributed by atoms with Gasteiger partial charge in [-0.15, -0.1) is 0 Å². The van der Waals surface area contributed by atoms with Crippen LogP contribution in [0.3, 0.4) is 0 Å². The first-order valence-electron chi connectivity index (χ1n) is 14.2. The molecule has 10 heteroatoms. The highest BCUT2D eigenvalue weighted by atomic mass is 32.1. The number of methoxy groups -OCH3 is 1. The largest absolute Gasteiger partial charge is 0.497 e. The number of esters is 1. The number of aromatic nitrogens is 1. The van der Waals surface area contributed by atoms with Gasteiger partial charge in [-0.1, -0.05) is 65.9 Å². The first-order chi connectivity index (χ1) is 21.9. The Kier molecular flexibility index (Phi) is 7.19. The van der Waals surface area contributed by atoms with Crippen molar-refractivity contribution >= 4 is 34.8 Å². The van der Waals surface area contributed by atoms with Gasteiger partial charge in [-0.05, 0) is 71.5 Å². The third-order valence-corrected chi connectivity index (χ3v) is 8.97. The number of nitrogens with zero attached hydrogens (tertiary/aromatic N) is 3. The Labute approximate surface area is 260 Å². The molecule has 0 fully saturated rings. The molecule has 2 aliphatic rings. The Morgan fingerprint density at radius 2 is 1.73 bits per heavy atom. The number of non-ortho nitro benzene ring substituents is 1. The fourth-order valence-electron chi connectivity index (χ4n) is 5.80. The smallest absolute Gasteiger partial charge is 0.343 e. The zero-order chi connectivity index (χ0) is 31.1. The second-order valence-electron chi connectivity index (χ2n) is 10.7. The van der Waals surface area contributed by atoms with Crippen LogP contribution in [-0.2, 0) is 6.42 Å². The van der Waals surface area contributed by atoms with Crippen LogP contribution in [0.2, 0.25) is 0 Å². The van der Waals surface area contributed by atoms with Crippen LogP contribution in [0.1, 0.15) is 45.1 Å². The maximum atomic E-state index is 14.0. The number of nitro groups is 1. The number of ether oxygens (including phenoxy) is 2. The monoisotopic (exact) mass is 615 g/mol. The quantitative estimate of drug-likeness (QED) is 0.109. The summed E-state index contributed by atoms with van der Waals surface area (Å²) in [7, 11) is 1.63. The summed E-state index contributed by atoms with van der Waals surface area (Å²) in [6.45, 7) is 0. The molecule has 1 aliphatic carbocycles. The summed E-state index contributed by atoms with van der Waals surface area (Å²) in [5.74, 6) is 0.313. The molecule has 7 rings (SSSR count). The molecule has 1 atom stereocenters. The van der Waals surface area contributed by atoms with Gasteiger partial charge in [-0.2, -0.15) is 0 Å². The molecule has 0 spiro atoms. The number of aryl methyl sites for hydroxylation is 1. The Hall–Kier alpha value is -5.61. The van der Waals surface area contributed by atoms with Gasteiger partial charge < -0.3 is 9.47 Å². The minimum absolute atomic E-state index is 0.0751. The van der Waals surface area contributed by atoms with E-state index < -0.39 is 10.9 Å². The first-order valence-corrected chi connectivity index (χ1v) is 15.0. The minimum atomic E-state index is -0.705. The molecule has 1 aliphatic heterocycles. The van der Waals surface area contributed by atoms with Crippen molar-refractivity contribution in [3.63, 3.8) is 0 Å². The first kappa shape index (κ1) is 28.2. The highest BCUT2D eigenvalue weighted by Crippen LogP contribution is 2.41. The van der Waals surface area contributed by atoms with Gasteiger partial charge in [-0.3, -0.25) is 19.5 Å². The number of benzene rings is 4. The van der Waals surface area contributed by atoms with Crippen LogP contribution < -0.4 is 24.4 Å². The van der Waals surface area contributed by atoms with Crippen LogP contribution in [-0.4, -0.2) is 22.6 Å². The summed E-state index contributed by atoms with van der Waals surface area (Å²) < 4.78 is 13.1. The predicted molar refractivity (Wildman–Crippen MR) is 170 cm³/mol. The highest BCUT2D eigenvalue weighted by molar-refractivity contribution is 7.07. The highest BCUT2D eigenvalue weighted by Gasteiger charge is 2.32. The molecule has 0 unspecified atom stereocenters. The van der Waals surface area contributed by atoms with E-state index >= 15 is 0 Å². The van der Waals surface area contributed by atoms with Crippen LogP contribution >= 0.6 is 11.3 Å². The molecule has 0 saturated carbocycles. The predicted octanol–water partition coefficient (Wildman–Crippen LogP) is 5.45. The molecule has 2 heterocycles. The molecule has 0 amide bonds. The van der Waals surface area contributed by atoms with E-state index in [1.807, 2.05) is 36.4 Å². The molecule has 4 aromatic carbocycles. The third-order valence-electron chi connectivity index (χ3n) is 7.99. The lowest BCUT2D eigenvalue weighted by molar-refractivity contribution is -0.384. The van der Waals surface area contributed by atoms with Crippen LogP contribution in [0.5, 0.6) is 11.5 Å². The maximum absolute atomic E-state index is 14.0. The Balaban J connectivity index is 1.25. The van der Waals surface area contributed by atoms with Gasteiger partial charge in [0, 0.05) is 17.7 Å². The lowest BCUT2D eigenvalue weighted by Crippen LogP contribution is -2.38. The van der Waals surface area contributed by atoms with Crippen molar-refractivity contribution in [1.82, 2.24) is 4.57 Å². The molecular formula is C35H25N3O6S. The van der Waals surface area contributed by atoms with Gasteiger partial charge in [0.25, 0.3) is 11.2 Å². The Morgan fingerprint density at radius 1 is 0.978 bits per heavy atom. The number of allylic oxidation sites excluding steroid dienone is 1. The third kappa shape index (κ3) is 5.25. The number of nitro benzene ring substituents is 1. The van der Waals surface area contributed by atoms with Crippen molar-refractivity contribution in [2.45, 2.75) is 18.9 Å². The molecule has 9 nitrogen and oxygen atoms in total. The maximum Gasteiger partial charge on any atom is 0.343 e. The van der Waals surface area contributed by atoms with E-state index in [1.165, 1.54) is 41.2 Å². The van der Waals surface area contributed by atoms with E-state index in [4.69, 9.17) is 14.5 Å². The van der Waals surface area contributed by atoms with E-state index in [1.54, 1.807) is 42.0 Å². The van der Waals surface area contributed by atoms with E-state index in [9.17, 15) is 19.7 Å². The summed E-state index contributed by atoms with van der Waals surface area (Å²) in [6, 6.07) is 27.9. The van der Waals surface area contributed by atoms with Gasteiger partial charge in [0.05, 0.1) is 33.9 Å². The van der Waals surface area contributed by atoms with E-state index in [0.29, 0.717) is 9.33 Å². The van der Waals surface area contributed by atoms with Crippen molar-refractivity contribution in [3.8, 4) is 11.5 Å². The summed E-state index contributed by atoms with van der Waals surface area (Å²) in [6.07, 6.45) is 3.48. The normalized spacial score (nSPS) is 15.4. The molecule has 45 heavy (non-hydrogen) atoms. The summed E-state index contributed by atoms with van der Waals surface area (Å²) in [5, 5.41) is 11.1. The lowest BCUT2D eigenvalue weighted by atomic mass is 9.83. The second-order valence-corrected chi connectivity index (χ2v) is 11.7. The molecule has 222 valence electrons. The summed E-state index contributed by atoms with van der Waals surface area (Å²) in [4.78, 5) is 42.7. The zero-order valence-electron chi connectivity index (χ0n) is 24.0. The fourth-order valence-corrected chi connectivity index (χ4v) is 6.81. The second kappa shape index (κ2) is 11.5. The zero-order valence-corrected chi connectivity index (χ0v) is 24.8. The summed E-state index contributed by atoms with van der Waals surface area (Å²) in [5.41, 5.74) is 5.88. The Morgan fingerprint density at radius 3 is 2.49 bits per heavy atom. The van der Waals surface area contributed by atoms with Crippen molar-refractivity contribution < 1.29 is 19.2 Å². The molecule has 5 aromatic rings. The van der Waals surface area contributed by atoms with Crippen LogP contribution in [0.15, 0.2) is 112 Å². The van der Waals surface area contributed by atoms with Crippen molar-refractivity contribution in [2.24, 2.45) is 4.99 Å². The van der Waals surface area contributed by atoms with E-state index in [2.05, 4.69) is 12.1 Å². The SMILES string of the molecule is COc1ccc([C@H]2C3=C(N=c4s/c(=C/c5ccc(OC(=O)c6cccc([N+](=O)[O-])c6)cc5)c(=O)n42)c2ccccc2CC3)cc1. The number of carbonyl (C=O) groups excluding carboxylic acids is 1. The van der Waals surface area contributed by atoms with Crippen LogP contribution in [0.25, 0.3) is 11.8 Å². The van der Waals surface area contributed by atoms with Gasteiger partial charge >= 0.3 is 5.97 Å². The van der Waals surface area contributed by atoms with Gasteiger partial charge in [0.1, 0.15) is 11.5 Å². The topological polar surface area (TPSA) is 113 Å². The number of rotatable bonds is 6. The lowest BCUT2D eigenvalue weighted by Gasteiger charge is -2.30. The number of carbonyl (C=O) groups is 1. The van der Waals surface area contributed by atoms with Crippen LogP contribution in [0.4, 0.5) is 5.69 Å². The molecule has 0 saturated heterocycles. The molecule has 0 N–H and O–H groups in total. The number of hydrogen-bond donors (Lipinski definition) is 0. The van der Waals surface area contributed by atoms with Gasteiger partial charge in [-0.25, -0.2) is 9.79 Å². The molecule has 0 bridgehead atoms. The van der Waals surface area contributed by atoms with Crippen molar-refractivity contribution in [1.29, 1.82) is 0 Å². The Bertz CT molecular complexity index is 2200. The van der Waals surface area contributed by atoms with Gasteiger partial charge in [0.2, 0.25) is 0 Å². The average Bonchev–Trinajstić information content (AvgIpc) is 3.38. The minimum Gasteiger partial charge on any atom is -0.497 e. The number of fused-ring (bicyclic) bond motifs is 3. The van der Waals surface area contributed by atoms with E-state index in [0.717, 1.165) is 46.6 Å². The number of thiazole rings is 1. The van der Waals surface area contributed by atoms with Crippen LogP contribution in [0, 0.1) is 10.1 Å². The molecule has 1 aromatic heterocycles. The van der Waals surface area contributed by atoms with Gasteiger partial charge in [0.15, 0.2) is 4.80 Å². The standard InChI is InChI=1S/C35H25N3O6S/c1-43-26-16-11-23(12-17-26)32-29-18-13-22-5-2-3-8-28(22)31(29)36-35-37(32)33(39)30(45-35)19-21-9-14-27(15-10-21)44-34(40)24-6-4-7-25(20-24)38(41)42/h2-12,14-17,19-20,32H,13,18H2,1H3/b30-19+/t32-/m0/s1. The molecule has 0 radical (unpaired) electrons. The fraction of sp³-hybridized carbons (Fsp3) is 0.114. The van der Waals surface area contributed by atoms with Crippen molar-refractivity contribution in [2.75, 3.05) is 7.11 Å². The number of hydrogen-bond acceptors (Lipinski definition) is 8.